The van der Waals surface area contributed by atoms with E-state index in [0.717, 1.165) is 13.1 Å². The van der Waals surface area contributed by atoms with Crippen LogP contribution in [-0.2, 0) is 9.53 Å². The minimum atomic E-state index is -0.0958. The largest absolute Gasteiger partial charge is 0.460 e. The summed E-state index contributed by atoms with van der Waals surface area (Å²) in [6.07, 6.45) is 0.633. The zero-order chi connectivity index (χ0) is 6.69. The standard InChI is InChI=1S/C6H11NO2/c1-2-6(8)9-5-3-7-4-5/h5,7H,2-4H2,1H3. The molecule has 0 saturated carbocycles. The zero-order valence-corrected chi connectivity index (χ0v) is 5.52. The molecule has 1 aliphatic heterocycles. The first-order chi connectivity index (χ1) is 4.33. The van der Waals surface area contributed by atoms with Crippen molar-refractivity contribution in [3.05, 3.63) is 0 Å². The van der Waals surface area contributed by atoms with Crippen molar-refractivity contribution in [2.45, 2.75) is 19.4 Å². The number of hydrogen-bond donors (Lipinski definition) is 1. The van der Waals surface area contributed by atoms with Gasteiger partial charge in [-0.15, -0.1) is 0 Å². The van der Waals surface area contributed by atoms with Crippen LogP contribution in [0.5, 0.6) is 0 Å². The summed E-state index contributed by atoms with van der Waals surface area (Å²) in [5.41, 5.74) is 0. The highest BCUT2D eigenvalue weighted by Crippen LogP contribution is 1.99. The van der Waals surface area contributed by atoms with Gasteiger partial charge in [0.2, 0.25) is 0 Å². The second kappa shape index (κ2) is 2.82. The Morgan fingerprint density at radius 1 is 1.78 bits per heavy atom. The van der Waals surface area contributed by atoms with Crippen molar-refractivity contribution in [1.82, 2.24) is 5.32 Å². The monoisotopic (exact) mass is 129 g/mol. The molecule has 9 heavy (non-hydrogen) atoms. The van der Waals surface area contributed by atoms with Crippen LogP contribution in [0.25, 0.3) is 0 Å². The summed E-state index contributed by atoms with van der Waals surface area (Å²) in [4.78, 5) is 10.6. The number of esters is 1. The molecule has 1 aliphatic rings. The van der Waals surface area contributed by atoms with Gasteiger partial charge in [-0.25, -0.2) is 0 Å². The first kappa shape index (κ1) is 6.55. The molecule has 1 N–H and O–H groups in total. The highest BCUT2D eigenvalue weighted by molar-refractivity contribution is 5.69. The number of carbonyl (C=O) groups excluding carboxylic acids is 1. The fourth-order valence-corrected chi connectivity index (χ4v) is 0.615. The van der Waals surface area contributed by atoms with E-state index in [9.17, 15) is 4.79 Å². The summed E-state index contributed by atoms with van der Waals surface area (Å²) in [5.74, 6) is -0.0958. The number of hydrogen-bond acceptors (Lipinski definition) is 3. The molecule has 0 aromatic heterocycles. The molecule has 0 radical (unpaired) electrons. The lowest BCUT2D eigenvalue weighted by molar-refractivity contribution is -0.150. The van der Waals surface area contributed by atoms with Crippen LogP contribution < -0.4 is 5.32 Å². The molecule has 3 nitrogen and oxygen atoms in total. The molecule has 1 heterocycles. The molecule has 0 aromatic carbocycles. The molecule has 0 aliphatic carbocycles. The number of nitrogens with one attached hydrogen (secondary N) is 1. The van der Waals surface area contributed by atoms with Crippen molar-refractivity contribution in [3.63, 3.8) is 0 Å². The van der Waals surface area contributed by atoms with Crippen LogP contribution in [0.3, 0.4) is 0 Å². The van der Waals surface area contributed by atoms with Crippen molar-refractivity contribution in [1.29, 1.82) is 0 Å². The average molecular weight is 129 g/mol. The van der Waals surface area contributed by atoms with Gasteiger partial charge in [0, 0.05) is 19.5 Å². The fraction of sp³-hybridized carbons (Fsp3) is 0.833. The van der Waals surface area contributed by atoms with Crippen LogP contribution >= 0.6 is 0 Å². The van der Waals surface area contributed by atoms with Crippen molar-refractivity contribution >= 4 is 5.97 Å². The van der Waals surface area contributed by atoms with Gasteiger partial charge in [-0.05, 0) is 0 Å². The van der Waals surface area contributed by atoms with Crippen LogP contribution in [0.1, 0.15) is 13.3 Å². The van der Waals surface area contributed by atoms with Crippen LogP contribution in [0, 0.1) is 0 Å². The van der Waals surface area contributed by atoms with E-state index in [0.29, 0.717) is 6.42 Å². The van der Waals surface area contributed by atoms with Gasteiger partial charge in [0.15, 0.2) is 0 Å². The Bertz CT molecular complexity index is 110. The summed E-state index contributed by atoms with van der Waals surface area (Å²) in [6.45, 7) is 3.45. The van der Waals surface area contributed by atoms with Gasteiger partial charge in [0.1, 0.15) is 6.10 Å². The molecule has 0 amide bonds. The quantitative estimate of drug-likeness (QED) is 0.529. The van der Waals surface area contributed by atoms with E-state index < -0.39 is 0 Å². The van der Waals surface area contributed by atoms with Crippen LogP contribution in [0.4, 0.5) is 0 Å². The van der Waals surface area contributed by atoms with Gasteiger partial charge in [0.25, 0.3) is 0 Å². The zero-order valence-electron chi connectivity index (χ0n) is 5.52. The minimum absolute atomic E-state index is 0.0958. The average Bonchev–Trinajstić information content (AvgIpc) is 1.78. The molecule has 0 spiro atoms. The minimum Gasteiger partial charge on any atom is -0.460 e. The lowest BCUT2D eigenvalue weighted by atomic mass is 10.2. The molecule has 1 rings (SSSR count). The van der Waals surface area contributed by atoms with E-state index in [1.807, 2.05) is 0 Å². The first-order valence-electron chi connectivity index (χ1n) is 3.23. The van der Waals surface area contributed by atoms with Crippen LogP contribution in [0.2, 0.25) is 0 Å². The van der Waals surface area contributed by atoms with E-state index in [2.05, 4.69) is 5.32 Å². The van der Waals surface area contributed by atoms with E-state index >= 15 is 0 Å². The molecule has 1 saturated heterocycles. The predicted molar refractivity (Wildman–Crippen MR) is 33.0 cm³/mol. The Morgan fingerprint density at radius 3 is 2.78 bits per heavy atom. The van der Waals surface area contributed by atoms with Gasteiger partial charge in [-0.1, -0.05) is 6.92 Å². The van der Waals surface area contributed by atoms with Gasteiger partial charge < -0.3 is 10.1 Å². The van der Waals surface area contributed by atoms with E-state index in [-0.39, 0.29) is 12.1 Å². The van der Waals surface area contributed by atoms with Crippen molar-refractivity contribution in [3.8, 4) is 0 Å². The summed E-state index contributed by atoms with van der Waals surface area (Å²) in [6, 6.07) is 0. The van der Waals surface area contributed by atoms with Gasteiger partial charge in [-0.2, -0.15) is 0 Å². The lowest BCUT2D eigenvalue weighted by Gasteiger charge is -2.26. The summed E-state index contributed by atoms with van der Waals surface area (Å²) in [5, 5.41) is 3.01. The van der Waals surface area contributed by atoms with Gasteiger partial charge >= 0.3 is 5.97 Å². The van der Waals surface area contributed by atoms with Crippen molar-refractivity contribution in [2.24, 2.45) is 0 Å². The molecular formula is C6H11NO2. The van der Waals surface area contributed by atoms with Crippen molar-refractivity contribution < 1.29 is 9.53 Å². The highest BCUT2D eigenvalue weighted by Gasteiger charge is 2.19. The Kier molecular flexibility index (Phi) is 2.05. The maximum absolute atomic E-state index is 10.6. The molecule has 0 unspecified atom stereocenters. The molecule has 52 valence electrons. The number of rotatable bonds is 2. The van der Waals surface area contributed by atoms with E-state index in [1.54, 1.807) is 6.92 Å². The number of carbonyl (C=O) groups is 1. The highest BCUT2D eigenvalue weighted by atomic mass is 16.5. The summed E-state index contributed by atoms with van der Waals surface area (Å²) >= 11 is 0. The summed E-state index contributed by atoms with van der Waals surface area (Å²) < 4.78 is 4.93. The molecular weight excluding hydrogens is 118 g/mol. The Morgan fingerprint density at radius 2 is 2.44 bits per heavy atom. The maximum atomic E-state index is 10.6. The van der Waals surface area contributed by atoms with Crippen LogP contribution in [0.15, 0.2) is 0 Å². The topological polar surface area (TPSA) is 38.3 Å². The molecule has 1 fully saturated rings. The molecule has 3 heteroatoms. The summed E-state index contributed by atoms with van der Waals surface area (Å²) in [7, 11) is 0. The lowest BCUT2D eigenvalue weighted by Crippen LogP contribution is -2.49. The van der Waals surface area contributed by atoms with Crippen LogP contribution in [-0.4, -0.2) is 25.2 Å². The SMILES string of the molecule is CCC(=O)OC1CNC1. The first-order valence-corrected chi connectivity index (χ1v) is 3.23. The van der Waals surface area contributed by atoms with Gasteiger partial charge in [0.05, 0.1) is 0 Å². The molecule has 0 atom stereocenters. The Labute approximate surface area is 54.4 Å². The predicted octanol–water partition coefficient (Wildman–Crippen LogP) is -0.0886. The molecule has 0 aromatic rings. The van der Waals surface area contributed by atoms with E-state index in [4.69, 9.17) is 4.74 Å². The number of ether oxygens (including phenoxy) is 1. The fourth-order valence-electron chi connectivity index (χ4n) is 0.615. The smallest absolute Gasteiger partial charge is 0.305 e. The van der Waals surface area contributed by atoms with Crippen molar-refractivity contribution in [2.75, 3.05) is 13.1 Å². The second-order valence-corrected chi connectivity index (χ2v) is 2.12. The van der Waals surface area contributed by atoms with Gasteiger partial charge in [-0.3, -0.25) is 4.79 Å². The second-order valence-electron chi connectivity index (χ2n) is 2.12. The Balaban J connectivity index is 2.09. The third-order valence-electron chi connectivity index (χ3n) is 1.33. The maximum Gasteiger partial charge on any atom is 0.305 e. The third-order valence-corrected chi connectivity index (χ3v) is 1.33. The van der Waals surface area contributed by atoms with E-state index in [1.165, 1.54) is 0 Å². The molecule has 0 bridgehead atoms. The Hall–Kier alpha value is -0.570. The normalized spacial score (nSPS) is 18.8. The third kappa shape index (κ3) is 1.68.